The molecule has 0 bridgehead atoms. The van der Waals surface area contributed by atoms with E-state index in [0.717, 1.165) is 55.8 Å². The zero-order valence-electron chi connectivity index (χ0n) is 18.6. The van der Waals surface area contributed by atoms with Crippen molar-refractivity contribution in [2.75, 3.05) is 12.9 Å². The van der Waals surface area contributed by atoms with Gasteiger partial charge in [-0.15, -0.1) is 11.3 Å². The number of rotatable bonds is 8. The Morgan fingerprint density at radius 2 is 2.06 bits per heavy atom. The largest absolute Gasteiger partial charge is 0.497 e. The quantitative estimate of drug-likeness (QED) is 0.241. The van der Waals surface area contributed by atoms with Gasteiger partial charge in [0.1, 0.15) is 10.6 Å². The molecule has 0 aliphatic carbocycles. The Hall–Kier alpha value is -1.83. The number of nitrogens with zero attached hydrogens (tertiary/aromatic N) is 2. The fraction of sp³-hybridized carbons (Fsp3) is 0.500. The first kappa shape index (κ1) is 22.4. The minimum Gasteiger partial charge on any atom is -0.497 e. The maximum atomic E-state index is 13.8. The van der Waals surface area contributed by atoms with Gasteiger partial charge < -0.3 is 9.47 Å². The normalized spacial score (nSPS) is 16.1. The van der Waals surface area contributed by atoms with Crippen molar-refractivity contribution in [1.29, 1.82) is 0 Å². The summed E-state index contributed by atoms with van der Waals surface area (Å²) >= 11 is 3.28. The lowest BCUT2D eigenvalue weighted by Crippen LogP contribution is -2.28. The molecule has 0 N–H and O–H groups in total. The predicted molar refractivity (Wildman–Crippen MR) is 129 cm³/mol. The minimum absolute atomic E-state index is 0.0232. The molecule has 1 atom stereocenters. The summed E-state index contributed by atoms with van der Waals surface area (Å²) in [5, 5.41) is 1.53. The van der Waals surface area contributed by atoms with E-state index in [2.05, 4.69) is 20.8 Å². The van der Waals surface area contributed by atoms with Crippen LogP contribution in [0.1, 0.15) is 50.5 Å². The first-order valence-electron chi connectivity index (χ1n) is 11.0. The van der Waals surface area contributed by atoms with Gasteiger partial charge in [-0.05, 0) is 42.2 Å². The van der Waals surface area contributed by atoms with Gasteiger partial charge in [0, 0.05) is 17.1 Å². The molecular formula is C24H30N2O3S2. The Balaban J connectivity index is 1.84. The smallest absolute Gasteiger partial charge is 0.267 e. The molecule has 0 saturated heterocycles. The average molecular weight is 459 g/mol. The molecule has 1 aliphatic rings. The van der Waals surface area contributed by atoms with Crippen molar-refractivity contribution in [2.24, 2.45) is 5.92 Å². The number of thiophene rings is 1. The molecule has 4 rings (SSSR count). The van der Waals surface area contributed by atoms with E-state index in [-0.39, 0.29) is 11.7 Å². The monoisotopic (exact) mass is 458 g/mol. The van der Waals surface area contributed by atoms with E-state index in [1.807, 2.05) is 24.3 Å². The molecule has 0 amide bonds. The molecule has 7 heteroatoms. The summed E-state index contributed by atoms with van der Waals surface area (Å²) in [7, 11) is 1.65. The SMILES string of the molecule is CCCCCSc1nc2sc3c(c2c(=O)n1-c1ccc(OC)cc1)C[C@H](C(C)C)OC3. The van der Waals surface area contributed by atoms with Crippen molar-refractivity contribution in [3.8, 4) is 11.4 Å². The molecule has 0 fully saturated rings. The summed E-state index contributed by atoms with van der Waals surface area (Å²) in [6.45, 7) is 7.11. The van der Waals surface area contributed by atoms with Crippen molar-refractivity contribution in [3.63, 3.8) is 0 Å². The Morgan fingerprint density at radius 3 is 2.74 bits per heavy atom. The molecule has 1 aromatic carbocycles. The second-order valence-corrected chi connectivity index (χ2v) is 10.4. The number of hydrogen-bond donors (Lipinski definition) is 0. The molecule has 0 unspecified atom stereocenters. The highest BCUT2D eigenvalue weighted by Crippen LogP contribution is 2.36. The maximum absolute atomic E-state index is 13.8. The van der Waals surface area contributed by atoms with Gasteiger partial charge in [-0.2, -0.15) is 0 Å². The zero-order valence-corrected chi connectivity index (χ0v) is 20.3. The van der Waals surface area contributed by atoms with Crippen molar-refractivity contribution in [3.05, 3.63) is 45.1 Å². The van der Waals surface area contributed by atoms with Crippen molar-refractivity contribution in [2.45, 2.75) is 64.3 Å². The van der Waals surface area contributed by atoms with Crippen molar-refractivity contribution >= 4 is 33.3 Å². The van der Waals surface area contributed by atoms with E-state index < -0.39 is 0 Å². The number of benzene rings is 1. The number of aromatic nitrogens is 2. The maximum Gasteiger partial charge on any atom is 0.267 e. The Kier molecular flexibility index (Phi) is 7.04. The molecule has 3 heterocycles. The lowest BCUT2D eigenvalue weighted by atomic mass is 9.96. The highest BCUT2D eigenvalue weighted by Gasteiger charge is 2.28. The summed E-state index contributed by atoms with van der Waals surface area (Å²) in [6.07, 6.45) is 4.39. The van der Waals surface area contributed by atoms with Gasteiger partial charge in [-0.25, -0.2) is 4.98 Å². The standard InChI is InChI=1S/C24H30N2O3S2/c1-5-6-7-12-30-24-25-22-21(18-13-19(15(2)3)29-14-20(18)31-22)23(27)26(24)16-8-10-17(28-4)11-9-16/h8-11,15,19H,5-7,12-14H2,1-4H3/t19-/m1/s1. The van der Waals surface area contributed by atoms with Crippen LogP contribution in [0, 0.1) is 5.92 Å². The van der Waals surface area contributed by atoms with Crippen LogP contribution >= 0.6 is 23.1 Å². The van der Waals surface area contributed by atoms with E-state index in [1.54, 1.807) is 34.8 Å². The third-order valence-corrected chi connectivity index (χ3v) is 7.89. The summed E-state index contributed by atoms with van der Waals surface area (Å²) in [4.78, 5) is 20.8. The van der Waals surface area contributed by atoms with Crippen LogP contribution in [0.15, 0.2) is 34.2 Å². The number of methoxy groups -OCH3 is 1. The fourth-order valence-electron chi connectivity index (χ4n) is 3.91. The highest BCUT2D eigenvalue weighted by atomic mass is 32.2. The van der Waals surface area contributed by atoms with E-state index in [4.69, 9.17) is 14.5 Å². The molecule has 0 spiro atoms. The van der Waals surface area contributed by atoms with Crippen molar-refractivity contribution in [1.82, 2.24) is 9.55 Å². The van der Waals surface area contributed by atoms with E-state index in [0.29, 0.717) is 12.5 Å². The lowest BCUT2D eigenvalue weighted by molar-refractivity contribution is 0.00200. The third-order valence-electron chi connectivity index (χ3n) is 5.76. The van der Waals surface area contributed by atoms with E-state index in [1.165, 1.54) is 12.8 Å². The predicted octanol–water partition coefficient (Wildman–Crippen LogP) is 5.84. The van der Waals surface area contributed by atoms with Crippen LogP contribution in [0.2, 0.25) is 0 Å². The molecule has 31 heavy (non-hydrogen) atoms. The Bertz CT molecular complexity index is 1100. The number of hydrogen-bond acceptors (Lipinski definition) is 6. The van der Waals surface area contributed by atoms with E-state index >= 15 is 0 Å². The van der Waals surface area contributed by atoms with Gasteiger partial charge in [-0.3, -0.25) is 9.36 Å². The first-order chi connectivity index (χ1) is 15.0. The number of ether oxygens (including phenoxy) is 2. The lowest BCUT2D eigenvalue weighted by Gasteiger charge is -2.26. The third kappa shape index (κ3) is 4.54. The second-order valence-electron chi connectivity index (χ2n) is 8.27. The van der Waals surface area contributed by atoms with E-state index in [9.17, 15) is 4.79 Å². The zero-order chi connectivity index (χ0) is 22.0. The molecule has 0 saturated carbocycles. The van der Waals surface area contributed by atoms with Crippen LogP contribution in [-0.4, -0.2) is 28.5 Å². The van der Waals surface area contributed by atoms with Crippen LogP contribution in [0.4, 0.5) is 0 Å². The number of thioether (sulfide) groups is 1. The summed E-state index contributed by atoms with van der Waals surface area (Å²) in [5.41, 5.74) is 1.98. The molecule has 3 aromatic rings. The van der Waals surface area contributed by atoms with Gasteiger partial charge in [0.05, 0.1) is 30.9 Å². The summed E-state index contributed by atoms with van der Waals surface area (Å²) in [5.74, 6) is 2.13. The average Bonchev–Trinajstić information content (AvgIpc) is 3.14. The number of fused-ring (bicyclic) bond motifs is 3. The molecule has 5 nitrogen and oxygen atoms in total. The van der Waals surface area contributed by atoms with Gasteiger partial charge in [-0.1, -0.05) is 45.4 Å². The summed E-state index contributed by atoms with van der Waals surface area (Å²) < 4.78 is 13.1. The van der Waals surface area contributed by atoms with Crippen LogP contribution in [0.3, 0.4) is 0 Å². The number of unbranched alkanes of at least 4 members (excludes halogenated alkanes) is 2. The molecule has 1 aliphatic heterocycles. The van der Waals surface area contributed by atoms with Gasteiger partial charge >= 0.3 is 0 Å². The Labute approximate surface area is 191 Å². The first-order valence-corrected chi connectivity index (χ1v) is 12.8. The molecule has 0 radical (unpaired) electrons. The fourth-order valence-corrected chi connectivity index (χ4v) is 6.08. The molecule has 2 aromatic heterocycles. The van der Waals surface area contributed by atoms with Crippen LogP contribution in [-0.2, 0) is 17.8 Å². The van der Waals surface area contributed by atoms with Gasteiger partial charge in [0.15, 0.2) is 5.16 Å². The Morgan fingerprint density at radius 1 is 1.29 bits per heavy atom. The van der Waals surface area contributed by atoms with Crippen LogP contribution in [0.25, 0.3) is 15.9 Å². The van der Waals surface area contributed by atoms with Gasteiger partial charge in [0.25, 0.3) is 5.56 Å². The van der Waals surface area contributed by atoms with Crippen LogP contribution in [0.5, 0.6) is 5.75 Å². The topological polar surface area (TPSA) is 53.4 Å². The molecule has 166 valence electrons. The van der Waals surface area contributed by atoms with Gasteiger partial charge in [0.2, 0.25) is 0 Å². The minimum atomic E-state index is 0.0232. The highest BCUT2D eigenvalue weighted by molar-refractivity contribution is 7.99. The van der Waals surface area contributed by atoms with Crippen LogP contribution < -0.4 is 10.3 Å². The summed E-state index contributed by atoms with van der Waals surface area (Å²) in [6, 6.07) is 7.65. The second kappa shape index (κ2) is 9.76. The van der Waals surface area contributed by atoms with Crippen molar-refractivity contribution < 1.29 is 9.47 Å². The molecular weight excluding hydrogens is 428 g/mol.